The van der Waals surface area contributed by atoms with E-state index in [0.717, 1.165) is 0 Å². The Morgan fingerprint density at radius 3 is 2.25 bits per heavy atom. The maximum Gasteiger partial charge on any atom is 0.336 e. The average Bonchev–Trinajstić information content (AvgIpc) is 1.62. The summed E-state index contributed by atoms with van der Waals surface area (Å²) >= 11 is 2.91. The van der Waals surface area contributed by atoms with Gasteiger partial charge in [-0.3, -0.25) is 0 Å². The number of nitrogens with two attached hydrogens (primary N) is 1. The third-order valence-electron chi connectivity index (χ3n) is 0.585. The maximum absolute atomic E-state index is 10.4. The molecule has 0 fully saturated rings. The van der Waals surface area contributed by atoms with Crippen LogP contribution in [0.1, 0.15) is 6.92 Å². The molecular formula is C4H8BrNO2. The second-order valence-corrected chi connectivity index (χ2v) is 3.21. The zero-order chi connectivity index (χ0) is 6.78. The molecule has 0 unspecified atom stereocenters. The van der Waals surface area contributed by atoms with Crippen LogP contribution >= 0.6 is 15.9 Å². The molecule has 0 saturated heterocycles. The summed E-state index contributed by atoms with van der Waals surface area (Å²) in [5.41, 5.74) is 5.23. The van der Waals surface area contributed by atoms with Crippen LogP contribution in [-0.2, 0) is 9.53 Å². The number of halogens is 1. The molecule has 0 aromatic heterocycles. The first kappa shape index (κ1) is 7.91. The van der Waals surface area contributed by atoms with Crippen LogP contribution in [0.25, 0.3) is 0 Å². The van der Waals surface area contributed by atoms with Gasteiger partial charge in [0.05, 0.1) is 7.11 Å². The number of alkyl halides is 1. The van der Waals surface area contributed by atoms with E-state index in [9.17, 15) is 4.79 Å². The summed E-state index contributed by atoms with van der Waals surface area (Å²) in [6, 6.07) is 0. The third-order valence-corrected chi connectivity index (χ3v) is 0.908. The Labute approximate surface area is 56.3 Å². The summed E-state index contributed by atoms with van der Waals surface area (Å²) in [4.78, 5) is 10.4. The molecule has 48 valence electrons. The first-order chi connectivity index (χ1) is 3.48. The SMILES string of the molecule is COC(=O)[C@](C)(N)Br. The van der Waals surface area contributed by atoms with Gasteiger partial charge in [0.1, 0.15) is 0 Å². The number of carbonyl (C=O) groups excluding carboxylic acids is 1. The molecule has 1 atom stereocenters. The molecule has 0 aliphatic carbocycles. The first-order valence-corrected chi connectivity index (χ1v) is 2.84. The van der Waals surface area contributed by atoms with E-state index in [1.165, 1.54) is 14.0 Å². The number of methoxy groups -OCH3 is 1. The second kappa shape index (κ2) is 2.46. The van der Waals surface area contributed by atoms with Gasteiger partial charge in [-0.25, -0.2) is 4.79 Å². The van der Waals surface area contributed by atoms with Crippen molar-refractivity contribution in [2.45, 2.75) is 11.4 Å². The average molecular weight is 182 g/mol. The highest BCUT2D eigenvalue weighted by Crippen LogP contribution is 2.09. The van der Waals surface area contributed by atoms with Crippen LogP contribution in [0.5, 0.6) is 0 Å². The summed E-state index contributed by atoms with van der Waals surface area (Å²) in [6.45, 7) is 1.51. The van der Waals surface area contributed by atoms with Crippen molar-refractivity contribution in [3.8, 4) is 0 Å². The summed E-state index contributed by atoms with van der Waals surface area (Å²) in [5, 5.41) is 0. The number of hydrogen-bond donors (Lipinski definition) is 1. The van der Waals surface area contributed by atoms with Gasteiger partial charge in [-0.05, 0) is 6.92 Å². The fraction of sp³-hybridized carbons (Fsp3) is 0.750. The molecule has 0 spiro atoms. The van der Waals surface area contributed by atoms with E-state index in [2.05, 4.69) is 20.7 Å². The number of ether oxygens (including phenoxy) is 1. The van der Waals surface area contributed by atoms with E-state index in [1.54, 1.807) is 0 Å². The highest BCUT2D eigenvalue weighted by molar-refractivity contribution is 9.10. The fourth-order valence-corrected chi connectivity index (χ4v) is 0.361. The molecule has 0 bridgehead atoms. The number of rotatable bonds is 1. The Bertz CT molecular complexity index is 96.7. The van der Waals surface area contributed by atoms with Crippen LogP contribution in [-0.4, -0.2) is 17.5 Å². The van der Waals surface area contributed by atoms with Gasteiger partial charge in [-0.1, -0.05) is 15.9 Å². The van der Waals surface area contributed by atoms with E-state index < -0.39 is 10.4 Å². The summed E-state index contributed by atoms with van der Waals surface area (Å²) < 4.78 is 3.26. The minimum Gasteiger partial charge on any atom is -0.467 e. The molecule has 0 heterocycles. The number of hydrogen-bond acceptors (Lipinski definition) is 3. The Morgan fingerprint density at radius 2 is 2.25 bits per heavy atom. The predicted molar refractivity (Wildman–Crippen MR) is 33.5 cm³/mol. The standard InChI is InChI=1S/C4H8BrNO2/c1-4(5,6)3(7)8-2/h6H2,1-2H3/t4-/m0/s1. The second-order valence-electron chi connectivity index (χ2n) is 1.57. The van der Waals surface area contributed by atoms with E-state index in [1.807, 2.05) is 0 Å². The van der Waals surface area contributed by atoms with Crippen molar-refractivity contribution >= 4 is 21.9 Å². The monoisotopic (exact) mass is 181 g/mol. The smallest absolute Gasteiger partial charge is 0.336 e. The minimum absolute atomic E-state index is 0.475. The van der Waals surface area contributed by atoms with Gasteiger partial charge >= 0.3 is 5.97 Å². The topological polar surface area (TPSA) is 52.3 Å². The van der Waals surface area contributed by atoms with Gasteiger partial charge in [0, 0.05) is 0 Å². The highest BCUT2D eigenvalue weighted by Gasteiger charge is 2.24. The molecule has 0 aromatic carbocycles. The molecule has 8 heavy (non-hydrogen) atoms. The zero-order valence-electron chi connectivity index (χ0n) is 4.77. The zero-order valence-corrected chi connectivity index (χ0v) is 6.36. The van der Waals surface area contributed by atoms with Gasteiger partial charge in [0.25, 0.3) is 0 Å². The Hall–Kier alpha value is -0.0900. The van der Waals surface area contributed by atoms with Crippen molar-refractivity contribution in [3.63, 3.8) is 0 Å². The molecule has 2 N–H and O–H groups in total. The lowest BCUT2D eigenvalue weighted by Gasteiger charge is -2.11. The van der Waals surface area contributed by atoms with Crippen LogP contribution in [0.2, 0.25) is 0 Å². The van der Waals surface area contributed by atoms with Gasteiger partial charge < -0.3 is 10.5 Å². The maximum atomic E-state index is 10.4. The molecule has 0 rings (SSSR count). The van der Waals surface area contributed by atoms with Crippen LogP contribution in [0.15, 0.2) is 0 Å². The largest absolute Gasteiger partial charge is 0.467 e. The van der Waals surface area contributed by atoms with Crippen molar-refractivity contribution in [2.24, 2.45) is 5.73 Å². The lowest BCUT2D eigenvalue weighted by atomic mass is 10.4. The van der Waals surface area contributed by atoms with Crippen LogP contribution in [0, 0.1) is 0 Å². The van der Waals surface area contributed by atoms with Gasteiger partial charge in [-0.15, -0.1) is 0 Å². The molecule has 4 heteroatoms. The molecule has 0 amide bonds. The molecular weight excluding hydrogens is 174 g/mol. The Balaban J connectivity index is 3.82. The quantitative estimate of drug-likeness (QED) is 0.358. The third kappa shape index (κ3) is 2.28. The van der Waals surface area contributed by atoms with Crippen molar-refractivity contribution in [1.82, 2.24) is 0 Å². The van der Waals surface area contributed by atoms with Crippen molar-refractivity contribution in [2.75, 3.05) is 7.11 Å². The minimum atomic E-state index is -1.04. The van der Waals surface area contributed by atoms with Crippen LogP contribution in [0.4, 0.5) is 0 Å². The normalized spacial score (nSPS) is 17.0. The molecule has 3 nitrogen and oxygen atoms in total. The van der Waals surface area contributed by atoms with E-state index in [-0.39, 0.29) is 0 Å². The molecule has 0 aromatic rings. The lowest BCUT2D eigenvalue weighted by Crippen LogP contribution is -2.38. The predicted octanol–water partition coefficient (Wildman–Crippen LogP) is 0.229. The molecule has 0 aliphatic rings. The number of esters is 1. The van der Waals surface area contributed by atoms with Crippen LogP contribution in [0.3, 0.4) is 0 Å². The number of carbonyl (C=O) groups is 1. The van der Waals surface area contributed by atoms with E-state index >= 15 is 0 Å². The van der Waals surface area contributed by atoms with Gasteiger partial charge in [-0.2, -0.15) is 0 Å². The molecule has 0 aliphatic heterocycles. The van der Waals surface area contributed by atoms with Crippen molar-refractivity contribution in [1.29, 1.82) is 0 Å². The summed E-state index contributed by atoms with van der Waals surface area (Å²) in [6.07, 6.45) is 0. The molecule has 0 saturated carbocycles. The van der Waals surface area contributed by atoms with Gasteiger partial charge in [0.15, 0.2) is 4.45 Å². The van der Waals surface area contributed by atoms with Crippen LogP contribution < -0.4 is 5.73 Å². The van der Waals surface area contributed by atoms with Gasteiger partial charge in [0.2, 0.25) is 0 Å². The van der Waals surface area contributed by atoms with Crippen molar-refractivity contribution < 1.29 is 9.53 Å². The Morgan fingerprint density at radius 1 is 1.88 bits per heavy atom. The first-order valence-electron chi connectivity index (χ1n) is 2.04. The highest BCUT2D eigenvalue weighted by atomic mass is 79.9. The van der Waals surface area contributed by atoms with E-state index in [4.69, 9.17) is 5.73 Å². The lowest BCUT2D eigenvalue weighted by molar-refractivity contribution is -0.142. The van der Waals surface area contributed by atoms with Crippen molar-refractivity contribution in [3.05, 3.63) is 0 Å². The summed E-state index contributed by atoms with van der Waals surface area (Å²) in [5.74, 6) is -0.475. The van der Waals surface area contributed by atoms with E-state index in [0.29, 0.717) is 0 Å². The molecule has 0 radical (unpaired) electrons. The fourth-order valence-electron chi connectivity index (χ4n) is 0.200. The summed E-state index contributed by atoms with van der Waals surface area (Å²) in [7, 11) is 1.29. The Kier molecular flexibility index (Phi) is 2.43.